The van der Waals surface area contributed by atoms with Crippen molar-refractivity contribution in [2.24, 2.45) is 5.92 Å². The zero-order valence-electron chi connectivity index (χ0n) is 6.74. The quantitative estimate of drug-likeness (QED) is 0.573. The number of rotatable bonds is 1. The fraction of sp³-hybridized carbons (Fsp3) is 0.500. The number of esters is 1. The minimum atomic E-state index is -0.165. The zero-order chi connectivity index (χ0) is 8.55. The van der Waals surface area contributed by atoms with E-state index in [0.717, 1.165) is 11.3 Å². The van der Waals surface area contributed by atoms with Gasteiger partial charge in [0.2, 0.25) is 0 Å². The lowest BCUT2D eigenvalue weighted by molar-refractivity contribution is -0.145. The molecule has 2 rings (SSSR count). The Morgan fingerprint density at radius 3 is 3.25 bits per heavy atom. The lowest BCUT2D eigenvalue weighted by Crippen LogP contribution is -2.16. The predicted molar refractivity (Wildman–Crippen MR) is 39.4 cm³/mol. The Bertz CT molecular complexity index is 285. The molecule has 64 valence electrons. The zero-order valence-corrected chi connectivity index (χ0v) is 6.74. The van der Waals surface area contributed by atoms with Crippen LogP contribution in [0.5, 0.6) is 0 Å². The van der Waals surface area contributed by atoms with Crippen LogP contribution < -0.4 is 0 Å². The summed E-state index contributed by atoms with van der Waals surface area (Å²) in [6, 6.07) is 0. The number of methoxy groups -OCH3 is 1. The van der Waals surface area contributed by atoms with Crippen molar-refractivity contribution in [2.45, 2.75) is 12.8 Å². The van der Waals surface area contributed by atoms with E-state index in [4.69, 9.17) is 4.52 Å². The van der Waals surface area contributed by atoms with Gasteiger partial charge in [0.25, 0.3) is 0 Å². The van der Waals surface area contributed by atoms with Crippen molar-refractivity contribution in [3.63, 3.8) is 0 Å². The maximum atomic E-state index is 11.1. The highest BCUT2D eigenvalue weighted by Crippen LogP contribution is 2.26. The second-order valence-electron chi connectivity index (χ2n) is 2.90. The Balaban J connectivity index is 2.12. The summed E-state index contributed by atoms with van der Waals surface area (Å²) in [6.45, 7) is 0. The van der Waals surface area contributed by atoms with Crippen LogP contribution in [-0.2, 0) is 22.4 Å². The largest absolute Gasteiger partial charge is 0.469 e. The molecule has 0 unspecified atom stereocenters. The molecule has 1 heterocycles. The van der Waals surface area contributed by atoms with Gasteiger partial charge in [-0.2, -0.15) is 0 Å². The van der Waals surface area contributed by atoms with Gasteiger partial charge in [-0.1, -0.05) is 5.16 Å². The lowest BCUT2D eigenvalue weighted by atomic mass is 10.1. The van der Waals surface area contributed by atoms with Crippen LogP contribution in [0.25, 0.3) is 0 Å². The molecule has 1 aliphatic rings. The monoisotopic (exact) mass is 167 g/mol. The maximum Gasteiger partial charge on any atom is 0.309 e. The highest BCUT2D eigenvalue weighted by Gasteiger charge is 2.30. The summed E-state index contributed by atoms with van der Waals surface area (Å²) in [6.07, 6.45) is 2.99. The highest BCUT2D eigenvalue weighted by atomic mass is 16.5. The van der Waals surface area contributed by atoms with Crippen LogP contribution in [0.15, 0.2) is 10.7 Å². The molecule has 0 fully saturated rings. The summed E-state index contributed by atoms with van der Waals surface area (Å²) < 4.78 is 9.58. The molecule has 0 saturated heterocycles. The number of hydrogen-bond acceptors (Lipinski definition) is 4. The van der Waals surface area contributed by atoms with Gasteiger partial charge in [0.05, 0.1) is 19.2 Å². The van der Waals surface area contributed by atoms with Crippen molar-refractivity contribution in [1.82, 2.24) is 5.16 Å². The molecular formula is C8H9NO3. The minimum Gasteiger partial charge on any atom is -0.469 e. The van der Waals surface area contributed by atoms with Gasteiger partial charge >= 0.3 is 5.97 Å². The topological polar surface area (TPSA) is 52.3 Å². The maximum absolute atomic E-state index is 11.1. The van der Waals surface area contributed by atoms with E-state index in [-0.39, 0.29) is 11.9 Å². The van der Waals surface area contributed by atoms with E-state index in [2.05, 4.69) is 9.89 Å². The molecule has 0 aliphatic heterocycles. The third-order valence-electron chi connectivity index (χ3n) is 2.16. The first-order valence-corrected chi connectivity index (χ1v) is 3.81. The molecule has 0 aromatic carbocycles. The highest BCUT2D eigenvalue weighted by molar-refractivity contribution is 5.73. The van der Waals surface area contributed by atoms with Crippen LogP contribution in [0.2, 0.25) is 0 Å². The molecule has 0 saturated carbocycles. The average Bonchev–Trinajstić information content (AvgIpc) is 2.60. The van der Waals surface area contributed by atoms with Crippen LogP contribution in [0.4, 0.5) is 0 Å². The van der Waals surface area contributed by atoms with Gasteiger partial charge in [0.15, 0.2) is 0 Å². The van der Waals surface area contributed by atoms with Crippen LogP contribution >= 0.6 is 0 Å². The van der Waals surface area contributed by atoms with Crippen molar-refractivity contribution in [2.75, 3.05) is 7.11 Å². The van der Waals surface area contributed by atoms with Gasteiger partial charge in [0.1, 0.15) is 5.76 Å². The fourth-order valence-corrected chi connectivity index (χ4v) is 1.51. The molecular weight excluding hydrogens is 158 g/mol. The van der Waals surface area contributed by atoms with E-state index < -0.39 is 0 Å². The fourth-order valence-electron chi connectivity index (χ4n) is 1.51. The molecule has 4 nitrogen and oxygen atoms in total. The number of carbonyl (C=O) groups is 1. The van der Waals surface area contributed by atoms with E-state index in [0.29, 0.717) is 12.8 Å². The molecule has 1 aromatic rings. The summed E-state index contributed by atoms with van der Waals surface area (Å²) in [4.78, 5) is 11.1. The molecule has 1 atom stereocenters. The van der Waals surface area contributed by atoms with Crippen molar-refractivity contribution >= 4 is 5.97 Å². The molecule has 0 spiro atoms. The number of aromatic nitrogens is 1. The molecule has 4 heteroatoms. The SMILES string of the molecule is COC(=O)[C@H]1Cc2cnoc2C1. The van der Waals surface area contributed by atoms with Crippen LogP contribution in [0.1, 0.15) is 11.3 Å². The molecule has 0 N–H and O–H groups in total. The van der Waals surface area contributed by atoms with Gasteiger partial charge in [-0.05, 0) is 6.42 Å². The standard InChI is InChI=1S/C8H9NO3/c1-11-8(10)5-2-6-4-9-12-7(6)3-5/h4-5H,2-3H2,1H3/t5-/m0/s1. The van der Waals surface area contributed by atoms with Gasteiger partial charge in [-0.25, -0.2) is 0 Å². The molecule has 0 bridgehead atoms. The normalized spacial score (nSPS) is 20.6. The van der Waals surface area contributed by atoms with Gasteiger partial charge < -0.3 is 9.26 Å². The second kappa shape index (κ2) is 2.62. The van der Waals surface area contributed by atoms with Gasteiger partial charge in [-0.15, -0.1) is 0 Å². The lowest BCUT2D eigenvalue weighted by Gasteiger charge is -2.03. The number of ether oxygens (including phenoxy) is 1. The van der Waals surface area contributed by atoms with E-state index in [1.807, 2.05) is 0 Å². The smallest absolute Gasteiger partial charge is 0.309 e. The van der Waals surface area contributed by atoms with E-state index >= 15 is 0 Å². The first kappa shape index (κ1) is 7.34. The van der Waals surface area contributed by atoms with E-state index in [1.165, 1.54) is 7.11 Å². The first-order valence-electron chi connectivity index (χ1n) is 3.81. The van der Waals surface area contributed by atoms with Gasteiger partial charge in [0, 0.05) is 12.0 Å². The van der Waals surface area contributed by atoms with Crippen molar-refractivity contribution in [3.8, 4) is 0 Å². The molecule has 0 amide bonds. The third kappa shape index (κ3) is 0.995. The van der Waals surface area contributed by atoms with Crippen molar-refractivity contribution < 1.29 is 14.1 Å². The number of carbonyl (C=O) groups excluding carboxylic acids is 1. The van der Waals surface area contributed by atoms with E-state index in [9.17, 15) is 4.79 Å². The number of fused-ring (bicyclic) bond motifs is 1. The predicted octanol–water partition coefficient (Wildman–Crippen LogP) is 0.562. The number of hydrogen-bond donors (Lipinski definition) is 0. The molecule has 0 radical (unpaired) electrons. The molecule has 12 heavy (non-hydrogen) atoms. The van der Waals surface area contributed by atoms with E-state index in [1.54, 1.807) is 6.20 Å². The number of nitrogens with zero attached hydrogens (tertiary/aromatic N) is 1. The Morgan fingerprint density at radius 2 is 2.58 bits per heavy atom. The van der Waals surface area contributed by atoms with Gasteiger partial charge in [-0.3, -0.25) is 4.79 Å². The van der Waals surface area contributed by atoms with Crippen LogP contribution in [0.3, 0.4) is 0 Å². The average molecular weight is 167 g/mol. The second-order valence-corrected chi connectivity index (χ2v) is 2.90. The molecule has 1 aliphatic carbocycles. The summed E-state index contributed by atoms with van der Waals surface area (Å²) in [5.41, 5.74) is 1.03. The summed E-state index contributed by atoms with van der Waals surface area (Å²) in [5, 5.41) is 3.64. The minimum absolute atomic E-state index is 0.0632. The Kier molecular flexibility index (Phi) is 1.60. The van der Waals surface area contributed by atoms with Crippen LogP contribution in [0, 0.1) is 5.92 Å². The van der Waals surface area contributed by atoms with Crippen molar-refractivity contribution in [3.05, 3.63) is 17.5 Å². The summed E-state index contributed by atoms with van der Waals surface area (Å²) >= 11 is 0. The first-order chi connectivity index (χ1) is 5.81. The summed E-state index contributed by atoms with van der Waals surface area (Å²) in [5.74, 6) is 0.596. The summed E-state index contributed by atoms with van der Waals surface area (Å²) in [7, 11) is 1.40. The third-order valence-corrected chi connectivity index (χ3v) is 2.16. The Labute approximate surface area is 69.5 Å². The Hall–Kier alpha value is -1.32. The van der Waals surface area contributed by atoms with Crippen molar-refractivity contribution in [1.29, 1.82) is 0 Å². The van der Waals surface area contributed by atoms with Crippen LogP contribution in [-0.4, -0.2) is 18.2 Å². The molecule has 1 aromatic heterocycles. The Morgan fingerprint density at radius 1 is 1.75 bits per heavy atom.